The summed E-state index contributed by atoms with van der Waals surface area (Å²) in [6.45, 7) is 2.28. The molecule has 0 saturated carbocycles. The van der Waals surface area contributed by atoms with Gasteiger partial charge >= 0.3 is 0 Å². The molecular weight excluding hydrogens is 337 g/mol. The van der Waals surface area contributed by atoms with Crippen LogP contribution in [-0.2, 0) is 11.3 Å². The SMILES string of the molecule is CCCC(C(=O)Nc1cnc(Cl)cn1)c1cnc(Cl)c(CN)c1. The largest absolute Gasteiger partial charge is 0.326 e. The van der Waals surface area contributed by atoms with Crippen molar-refractivity contribution in [1.29, 1.82) is 0 Å². The maximum absolute atomic E-state index is 12.6. The minimum Gasteiger partial charge on any atom is -0.326 e. The molecule has 1 amide bonds. The second-order valence-corrected chi connectivity index (χ2v) is 5.72. The summed E-state index contributed by atoms with van der Waals surface area (Å²) in [4.78, 5) is 24.6. The van der Waals surface area contributed by atoms with Gasteiger partial charge in [0.1, 0.15) is 10.3 Å². The summed E-state index contributed by atoms with van der Waals surface area (Å²) < 4.78 is 0. The van der Waals surface area contributed by atoms with Crippen molar-refractivity contribution < 1.29 is 4.79 Å². The molecule has 0 aliphatic carbocycles. The van der Waals surface area contributed by atoms with Crippen LogP contribution in [0.25, 0.3) is 0 Å². The van der Waals surface area contributed by atoms with Crippen LogP contribution in [0.4, 0.5) is 5.82 Å². The number of halogens is 2. The first-order valence-electron chi connectivity index (χ1n) is 7.18. The fraction of sp³-hybridized carbons (Fsp3) is 0.333. The van der Waals surface area contributed by atoms with Crippen LogP contribution >= 0.6 is 23.2 Å². The summed E-state index contributed by atoms with van der Waals surface area (Å²) in [6, 6.07) is 1.82. The van der Waals surface area contributed by atoms with Crippen molar-refractivity contribution in [3.8, 4) is 0 Å². The molecule has 2 aromatic heterocycles. The Labute approximate surface area is 144 Å². The van der Waals surface area contributed by atoms with E-state index in [4.69, 9.17) is 28.9 Å². The van der Waals surface area contributed by atoms with E-state index in [1.165, 1.54) is 12.4 Å². The van der Waals surface area contributed by atoms with Gasteiger partial charge < -0.3 is 11.1 Å². The van der Waals surface area contributed by atoms with Crippen molar-refractivity contribution in [3.05, 3.63) is 46.1 Å². The van der Waals surface area contributed by atoms with Crippen molar-refractivity contribution in [2.45, 2.75) is 32.2 Å². The highest BCUT2D eigenvalue weighted by Crippen LogP contribution is 2.25. The van der Waals surface area contributed by atoms with E-state index in [9.17, 15) is 4.79 Å². The Hall–Kier alpha value is -1.76. The summed E-state index contributed by atoms with van der Waals surface area (Å²) in [7, 11) is 0. The third-order valence-corrected chi connectivity index (χ3v) is 3.86. The molecule has 1 unspecified atom stereocenters. The molecule has 23 heavy (non-hydrogen) atoms. The average Bonchev–Trinajstić information content (AvgIpc) is 2.55. The number of anilines is 1. The summed E-state index contributed by atoms with van der Waals surface area (Å²) in [5.41, 5.74) is 7.14. The van der Waals surface area contributed by atoms with Gasteiger partial charge in [-0.2, -0.15) is 0 Å². The number of nitrogens with two attached hydrogens (primary N) is 1. The molecule has 0 bridgehead atoms. The monoisotopic (exact) mass is 353 g/mol. The van der Waals surface area contributed by atoms with Gasteiger partial charge in [-0.3, -0.25) is 4.79 Å². The fourth-order valence-electron chi connectivity index (χ4n) is 2.17. The third-order valence-electron chi connectivity index (χ3n) is 3.32. The van der Waals surface area contributed by atoms with E-state index >= 15 is 0 Å². The number of hydrogen-bond donors (Lipinski definition) is 2. The zero-order chi connectivity index (χ0) is 16.8. The van der Waals surface area contributed by atoms with Crippen LogP contribution in [0.3, 0.4) is 0 Å². The van der Waals surface area contributed by atoms with Gasteiger partial charge in [-0.25, -0.2) is 15.0 Å². The van der Waals surface area contributed by atoms with E-state index in [-0.39, 0.29) is 23.5 Å². The van der Waals surface area contributed by atoms with Crippen LogP contribution in [-0.4, -0.2) is 20.9 Å². The Balaban J connectivity index is 2.23. The predicted octanol–water partition coefficient (Wildman–Crippen LogP) is 3.16. The maximum atomic E-state index is 12.6. The quantitative estimate of drug-likeness (QED) is 0.777. The normalized spacial score (nSPS) is 12.0. The molecule has 0 radical (unpaired) electrons. The van der Waals surface area contributed by atoms with Crippen molar-refractivity contribution in [1.82, 2.24) is 15.0 Å². The molecule has 8 heteroatoms. The molecule has 0 spiro atoms. The first-order chi connectivity index (χ1) is 11.0. The van der Waals surface area contributed by atoms with E-state index in [2.05, 4.69) is 20.3 Å². The van der Waals surface area contributed by atoms with Crippen molar-refractivity contribution >= 4 is 34.9 Å². The van der Waals surface area contributed by atoms with Gasteiger partial charge in [-0.1, -0.05) is 36.5 Å². The van der Waals surface area contributed by atoms with Gasteiger partial charge in [-0.15, -0.1) is 0 Å². The van der Waals surface area contributed by atoms with E-state index in [0.29, 0.717) is 23.0 Å². The number of nitrogens with one attached hydrogen (secondary N) is 1. The fourth-order valence-corrected chi connectivity index (χ4v) is 2.45. The van der Waals surface area contributed by atoms with Crippen LogP contribution in [0.1, 0.15) is 36.8 Å². The minimum absolute atomic E-state index is 0.185. The molecule has 0 aliphatic rings. The van der Waals surface area contributed by atoms with E-state index in [0.717, 1.165) is 12.0 Å². The molecule has 0 aromatic carbocycles. The lowest BCUT2D eigenvalue weighted by atomic mass is 9.94. The van der Waals surface area contributed by atoms with E-state index < -0.39 is 0 Å². The molecule has 0 fully saturated rings. The number of rotatable bonds is 6. The lowest BCUT2D eigenvalue weighted by Gasteiger charge is -2.17. The molecule has 2 aromatic rings. The number of pyridine rings is 1. The van der Waals surface area contributed by atoms with Gasteiger partial charge in [0.25, 0.3) is 0 Å². The van der Waals surface area contributed by atoms with Gasteiger partial charge in [-0.05, 0) is 18.1 Å². The number of aromatic nitrogens is 3. The molecule has 122 valence electrons. The second-order valence-electron chi connectivity index (χ2n) is 4.98. The van der Waals surface area contributed by atoms with Gasteiger partial charge in [0.15, 0.2) is 5.82 Å². The topological polar surface area (TPSA) is 93.8 Å². The van der Waals surface area contributed by atoms with Gasteiger partial charge in [0, 0.05) is 18.3 Å². The van der Waals surface area contributed by atoms with E-state index in [1.807, 2.05) is 13.0 Å². The highest BCUT2D eigenvalue weighted by atomic mass is 35.5. The zero-order valence-corrected chi connectivity index (χ0v) is 14.1. The summed E-state index contributed by atoms with van der Waals surface area (Å²) in [6.07, 6.45) is 5.90. The van der Waals surface area contributed by atoms with Crippen molar-refractivity contribution in [2.75, 3.05) is 5.32 Å². The average molecular weight is 354 g/mol. The highest BCUT2D eigenvalue weighted by Gasteiger charge is 2.21. The number of nitrogens with zero attached hydrogens (tertiary/aromatic N) is 3. The highest BCUT2D eigenvalue weighted by molar-refractivity contribution is 6.30. The van der Waals surface area contributed by atoms with Gasteiger partial charge in [0.05, 0.1) is 18.3 Å². The Morgan fingerprint density at radius 1 is 1.26 bits per heavy atom. The Kier molecular flexibility index (Phi) is 6.27. The summed E-state index contributed by atoms with van der Waals surface area (Å²) >= 11 is 11.7. The molecule has 1 atom stereocenters. The molecule has 0 saturated heterocycles. The molecule has 3 N–H and O–H groups in total. The van der Waals surface area contributed by atoms with Crippen molar-refractivity contribution in [2.24, 2.45) is 5.73 Å². The van der Waals surface area contributed by atoms with Crippen LogP contribution in [0.5, 0.6) is 0 Å². The first-order valence-corrected chi connectivity index (χ1v) is 7.93. The molecule has 6 nitrogen and oxygen atoms in total. The molecule has 0 aliphatic heterocycles. The number of carbonyl (C=O) groups is 1. The predicted molar refractivity (Wildman–Crippen MR) is 90.5 cm³/mol. The number of amides is 1. The smallest absolute Gasteiger partial charge is 0.233 e. The zero-order valence-electron chi connectivity index (χ0n) is 12.6. The lowest BCUT2D eigenvalue weighted by molar-refractivity contribution is -0.117. The molecule has 2 heterocycles. The standard InChI is InChI=1S/C15H17Cl2N5O/c1-2-3-11(10-4-9(5-18)14(17)21-6-10)15(23)22-13-8-19-12(16)7-20-13/h4,6-8,11H,2-3,5,18H2,1H3,(H,20,22,23). The molecular formula is C15H17Cl2N5O. The minimum atomic E-state index is -0.368. The second kappa shape index (κ2) is 8.19. The number of carbonyl (C=O) groups excluding carboxylic acids is 1. The van der Waals surface area contributed by atoms with Crippen LogP contribution in [0.15, 0.2) is 24.7 Å². The maximum Gasteiger partial charge on any atom is 0.233 e. The van der Waals surface area contributed by atoms with Crippen LogP contribution in [0, 0.1) is 0 Å². The summed E-state index contributed by atoms with van der Waals surface area (Å²) in [5.74, 6) is -0.204. The first kappa shape index (κ1) is 17.6. The van der Waals surface area contributed by atoms with Crippen LogP contribution in [0.2, 0.25) is 10.3 Å². The van der Waals surface area contributed by atoms with E-state index in [1.54, 1.807) is 6.20 Å². The third kappa shape index (κ3) is 4.60. The Morgan fingerprint density at radius 2 is 2.04 bits per heavy atom. The molecule has 2 rings (SSSR count). The lowest BCUT2D eigenvalue weighted by Crippen LogP contribution is -2.22. The Morgan fingerprint density at radius 3 is 2.65 bits per heavy atom. The van der Waals surface area contributed by atoms with Crippen LogP contribution < -0.4 is 11.1 Å². The Bertz CT molecular complexity index is 678. The number of hydrogen-bond acceptors (Lipinski definition) is 5. The van der Waals surface area contributed by atoms with Gasteiger partial charge in [0.2, 0.25) is 5.91 Å². The summed E-state index contributed by atoms with van der Waals surface area (Å²) in [5, 5.41) is 3.36. The van der Waals surface area contributed by atoms with Crippen molar-refractivity contribution in [3.63, 3.8) is 0 Å².